The number of halogens is 2. The zero-order valence-electron chi connectivity index (χ0n) is 12.7. The zero-order valence-corrected chi connectivity index (χ0v) is 13.5. The van der Waals surface area contributed by atoms with E-state index in [1.54, 1.807) is 6.07 Å². The molecule has 0 fully saturated rings. The molecule has 8 heteroatoms. The van der Waals surface area contributed by atoms with E-state index in [2.05, 4.69) is 0 Å². The van der Waals surface area contributed by atoms with Gasteiger partial charge in [-0.1, -0.05) is 30.3 Å². The highest BCUT2D eigenvalue weighted by Crippen LogP contribution is 2.14. The third-order valence-corrected chi connectivity index (χ3v) is 4.71. The van der Waals surface area contributed by atoms with Crippen molar-refractivity contribution >= 4 is 16.0 Å². The Labute approximate surface area is 138 Å². The minimum Gasteiger partial charge on any atom is -0.460 e. The van der Waals surface area contributed by atoms with E-state index in [4.69, 9.17) is 4.74 Å². The van der Waals surface area contributed by atoms with E-state index in [0.717, 1.165) is 12.1 Å². The number of hydrogen-bond acceptors (Lipinski definition) is 4. The standard InChI is InChI=1S/C16H15F2NO4S/c1-11(16(20)23-10-12-6-2-3-7-13(12)17)19-24(21,22)15-9-5-4-8-14(15)18/h2-9,11,19H,10H2,1H3/t11-/m0/s1. The van der Waals surface area contributed by atoms with Gasteiger partial charge in [0.1, 0.15) is 29.2 Å². The van der Waals surface area contributed by atoms with Crippen LogP contribution in [0.3, 0.4) is 0 Å². The Morgan fingerprint density at radius 2 is 1.67 bits per heavy atom. The van der Waals surface area contributed by atoms with E-state index in [-0.39, 0.29) is 12.2 Å². The Morgan fingerprint density at radius 1 is 1.08 bits per heavy atom. The van der Waals surface area contributed by atoms with Gasteiger partial charge in [-0.15, -0.1) is 0 Å². The van der Waals surface area contributed by atoms with E-state index < -0.39 is 38.6 Å². The molecule has 1 atom stereocenters. The summed E-state index contributed by atoms with van der Waals surface area (Å²) in [5, 5.41) is 0. The lowest BCUT2D eigenvalue weighted by molar-refractivity contribution is -0.146. The van der Waals surface area contributed by atoms with Crippen LogP contribution in [-0.2, 0) is 26.2 Å². The average Bonchev–Trinajstić information content (AvgIpc) is 2.53. The Kier molecular flexibility index (Phi) is 5.63. The second kappa shape index (κ2) is 7.50. The summed E-state index contributed by atoms with van der Waals surface area (Å²) in [5.74, 6) is -2.38. The second-order valence-corrected chi connectivity index (χ2v) is 6.65. The van der Waals surface area contributed by atoms with Crippen molar-refractivity contribution in [3.05, 3.63) is 65.7 Å². The maximum atomic E-state index is 13.6. The molecule has 0 heterocycles. The van der Waals surface area contributed by atoms with Gasteiger partial charge in [-0.2, -0.15) is 4.72 Å². The lowest BCUT2D eigenvalue weighted by Crippen LogP contribution is -2.39. The van der Waals surface area contributed by atoms with Crippen molar-refractivity contribution in [2.45, 2.75) is 24.5 Å². The van der Waals surface area contributed by atoms with Gasteiger partial charge in [-0.25, -0.2) is 17.2 Å². The van der Waals surface area contributed by atoms with Crippen molar-refractivity contribution in [2.75, 3.05) is 0 Å². The van der Waals surface area contributed by atoms with Crippen LogP contribution in [-0.4, -0.2) is 20.4 Å². The summed E-state index contributed by atoms with van der Waals surface area (Å²) in [6.07, 6.45) is 0. The molecule has 0 saturated heterocycles. The molecule has 0 aliphatic heterocycles. The fraction of sp³-hybridized carbons (Fsp3) is 0.188. The molecule has 0 aliphatic rings. The molecule has 0 bridgehead atoms. The molecule has 2 aromatic carbocycles. The fourth-order valence-corrected chi connectivity index (χ4v) is 3.17. The van der Waals surface area contributed by atoms with Gasteiger partial charge in [-0.05, 0) is 25.1 Å². The molecule has 0 unspecified atom stereocenters. The van der Waals surface area contributed by atoms with Crippen molar-refractivity contribution in [3.8, 4) is 0 Å². The highest BCUT2D eigenvalue weighted by atomic mass is 32.2. The van der Waals surface area contributed by atoms with Gasteiger partial charge in [0.25, 0.3) is 0 Å². The van der Waals surface area contributed by atoms with Crippen molar-refractivity contribution < 1.29 is 26.7 Å². The molecule has 24 heavy (non-hydrogen) atoms. The monoisotopic (exact) mass is 355 g/mol. The van der Waals surface area contributed by atoms with Crippen LogP contribution in [0.4, 0.5) is 8.78 Å². The van der Waals surface area contributed by atoms with Crippen LogP contribution < -0.4 is 4.72 Å². The maximum absolute atomic E-state index is 13.6. The van der Waals surface area contributed by atoms with Crippen molar-refractivity contribution in [2.24, 2.45) is 0 Å². The van der Waals surface area contributed by atoms with Crippen LogP contribution in [0.15, 0.2) is 53.4 Å². The number of sulfonamides is 1. The molecule has 0 aromatic heterocycles. The number of esters is 1. The minimum atomic E-state index is -4.23. The number of carbonyl (C=O) groups is 1. The third kappa shape index (κ3) is 4.36. The summed E-state index contributed by atoms with van der Waals surface area (Å²) in [4.78, 5) is 11.3. The molecular weight excluding hydrogens is 340 g/mol. The van der Waals surface area contributed by atoms with Crippen molar-refractivity contribution in [1.29, 1.82) is 0 Å². The van der Waals surface area contributed by atoms with Gasteiger partial charge in [0.15, 0.2) is 0 Å². The molecule has 0 saturated carbocycles. The molecule has 0 amide bonds. The number of benzene rings is 2. The van der Waals surface area contributed by atoms with Crippen LogP contribution in [0.5, 0.6) is 0 Å². The van der Waals surface area contributed by atoms with Gasteiger partial charge < -0.3 is 4.74 Å². The topological polar surface area (TPSA) is 72.5 Å². The van der Waals surface area contributed by atoms with Crippen LogP contribution >= 0.6 is 0 Å². The summed E-state index contributed by atoms with van der Waals surface area (Å²) in [6, 6.07) is 9.25. The number of ether oxygens (including phenoxy) is 1. The third-order valence-electron chi connectivity index (χ3n) is 3.14. The molecule has 0 radical (unpaired) electrons. The minimum absolute atomic E-state index is 0.162. The molecular formula is C16H15F2NO4S. The summed E-state index contributed by atoms with van der Waals surface area (Å²) in [7, 11) is -4.23. The molecule has 128 valence electrons. The fourth-order valence-electron chi connectivity index (χ4n) is 1.90. The van der Waals surface area contributed by atoms with E-state index in [1.807, 2.05) is 4.72 Å². The molecule has 0 spiro atoms. The number of nitrogens with one attached hydrogen (secondary N) is 1. The van der Waals surface area contributed by atoms with Crippen molar-refractivity contribution in [1.82, 2.24) is 4.72 Å². The van der Waals surface area contributed by atoms with Gasteiger partial charge >= 0.3 is 5.97 Å². The first-order chi connectivity index (χ1) is 11.3. The van der Waals surface area contributed by atoms with Crippen molar-refractivity contribution in [3.63, 3.8) is 0 Å². The number of rotatable bonds is 6. The SMILES string of the molecule is C[C@H](NS(=O)(=O)c1ccccc1F)C(=O)OCc1ccccc1F. The second-order valence-electron chi connectivity index (χ2n) is 4.97. The predicted octanol–water partition coefficient (Wildman–Crippen LogP) is 2.38. The smallest absolute Gasteiger partial charge is 0.324 e. The quantitative estimate of drug-likeness (QED) is 0.808. The van der Waals surface area contributed by atoms with E-state index in [9.17, 15) is 22.0 Å². The Bertz CT molecular complexity index is 839. The molecule has 1 N–H and O–H groups in total. The largest absolute Gasteiger partial charge is 0.460 e. The summed E-state index contributed by atoms with van der Waals surface area (Å²) in [5.41, 5.74) is 0.162. The predicted molar refractivity (Wildman–Crippen MR) is 82.4 cm³/mol. The first-order valence-corrected chi connectivity index (χ1v) is 8.46. The first kappa shape index (κ1) is 18.0. The van der Waals surface area contributed by atoms with E-state index in [1.165, 1.54) is 37.3 Å². The van der Waals surface area contributed by atoms with Crippen LogP contribution in [0, 0.1) is 11.6 Å². The average molecular weight is 355 g/mol. The summed E-state index contributed by atoms with van der Waals surface area (Å²) in [6.45, 7) is 0.916. The summed E-state index contributed by atoms with van der Waals surface area (Å²) < 4.78 is 58.1. The zero-order chi connectivity index (χ0) is 17.7. The van der Waals surface area contributed by atoms with Crippen LogP contribution in [0.2, 0.25) is 0 Å². The molecule has 0 aliphatic carbocycles. The lowest BCUT2D eigenvalue weighted by Gasteiger charge is -2.14. The van der Waals surface area contributed by atoms with E-state index in [0.29, 0.717) is 0 Å². The number of carbonyl (C=O) groups excluding carboxylic acids is 1. The van der Waals surface area contributed by atoms with Gasteiger partial charge in [0.05, 0.1) is 0 Å². The Balaban J connectivity index is 2.01. The Morgan fingerprint density at radius 3 is 2.29 bits per heavy atom. The Hall–Kier alpha value is -2.32. The highest BCUT2D eigenvalue weighted by Gasteiger charge is 2.25. The summed E-state index contributed by atoms with van der Waals surface area (Å²) >= 11 is 0. The van der Waals surface area contributed by atoms with Gasteiger partial charge in [0, 0.05) is 5.56 Å². The molecule has 5 nitrogen and oxygen atoms in total. The first-order valence-electron chi connectivity index (χ1n) is 6.98. The van der Waals surface area contributed by atoms with Gasteiger partial charge in [0.2, 0.25) is 10.0 Å². The van der Waals surface area contributed by atoms with E-state index >= 15 is 0 Å². The lowest BCUT2D eigenvalue weighted by atomic mass is 10.2. The maximum Gasteiger partial charge on any atom is 0.324 e. The molecule has 2 rings (SSSR count). The van der Waals surface area contributed by atoms with Crippen LogP contribution in [0.1, 0.15) is 12.5 Å². The normalized spacial score (nSPS) is 12.6. The number of hydrogen-bond donors (Lipinski definition) is 1. The van der Waals surface area contributed by atoms with Crippen LogP contribution in [0.25, 0.3) is 0 Å². The molecule has 2 aromatic rings. The van der Waals surface area contributed by atoms with Gasteiger partial charge in [-0.3, -0.25) is 4.79 Å². The highest BCUT2D eigenvalue weighted by molar-refractivity contribution is 7.89.